The number of nitrogens with one attached hydrogen (secondary N) is 2. The zero-order valence-corrected chi connectivity index (χ0v) is 15.6. The van der Waals surface area contributed by atoms with E-state index in [1.807, 2.05) is 6.92 Å². The highest BCUT2D eigenvalue weighted by molar-refractivity contribution is 8.02. The summed E-state index contributed by atoms with van der Waals surface area (Å²) in [6.45, 7) is 3.08. The van der Waals surface area contributed by atoms with E-state index in [0.717, 1.165) is 36.4 Å². The molecule has 0 spiro atoms. The highest BCUT2D eigenvalue weighted by atomic mass is 32.2. The Morgan fingerprint density at radius 2 is 2.21 bits per heavy atom. The summed E-state index contributed by atoms with van der Waals surface area (Å²) in [7, 11) is 1.64. The number of rotatable bonds is 8. The van der Waals surface area contributed by atoms with E-state index in [0.29, 0.717) is 18.3 Å². The first-order valence-corrected chi connectivity index (χ1v) is 9.74. The standard InChI is InChI=1S/C15H23N5O2S2/c1-11(12(21)18-15(10-16)6-4-3-5-7-15)23-14-20-19-13(24-14)17-8-9-22-2/h11H,3-9H2,1-2H3,(H,17,19)(H,18,21). The van der Waals surface area contributed by atoms with Crippen LogP contribution in [0.5, 0.6) is 0 Å². The number of amides is 1. The lowest BCUT2D eigenvalue weighted by molar-refractivity contribution is -0.121. The van der Waals surface area contributed by atoms with Gasteiger partial charge in [0.15, 0.2) is 4.34 Å². The minimum Gasteiger partial charge on any atom is -0.383 e. The third kappa shape index (κ3) is 5.33. The number of anilines is 1. The molecule has 1 aromatic heterocycles. The maximum Gasteiger partial charge on any atom is 0.234 e. The van der Waals surface area contributed by atoms with Crippen molar-refractivity contribution in [3.8, 4) is 6.07 Å². The number of hydrogen-bond donors (Lipinski definition) is 2. The van der Waals surface area contributed by atoms with Crippen LogP contribution in [0, 0.1) is 11.3 Å². The smallest absolute Gasteiger partial charge is 0.234 e. The van der Waals surface area contributed by atoms with Crippen LogP contribution >= 0.6 is 23.1 Å². The molecule has 132 valence electrons. The van der Waals surface area contributed by atoms with Crippen LogP contribution in [-0.4, -0.2) is 47.2 Å². The Morgan fingerprint density at radius 1 is 1.46 bits per heavy atom. The number of ether oxygens (including phenoxy) is 1. The lowest BCUT2D eigenvalue weighted by Crippen LogP contribution is -2.50. The summed E-state index contributed by atoms with van der Waals surface area (Å²) in [6, 6.07) is 2.31. The van der Waals surface area contributed by atoms with Crippen molar-refractivity contribution in [1.29, 1.82) is 5.26 Å². The molecule has 1 aliphatic rings. The van der Waals surface area contributed by atoms with Gasteiger partial charge in [0.2, 0.25) is 11.0 Å². The number of carbonyl (C=O) groups is 1. The lowest BCUT2D eigenvalue weighted by Gasteiger charge is -2.32. The predicted molar refractivity (Wildman–Crippen MR) is 95.2 cm³/mol. The van der Waals surface area contributed by atoms with Gasteiger partial charge in [-0.2, -0.15) is 5.26 Å². The molecule has 1 heterocycles. The molecular formula is C15H23N5O2S2. The first-order valence-electron chi connectivity index (χ1n) is 8.05. The van der Waals surface area contributed by atoms with E-state index in [-0.39, 0.29) is 11.2 Å². The van der Waals surface area contributed by atoms with Crippen LogP contribution < -0.4 is 10.6 Å². The van der Waals surface area contributed by atoms with Crippen molar-refractivity contribution >= 4 is 34.1 Å². The Hall–Kier alpha value is -1.37. The van der Waals surface area contributed by atoms with Gasteiger partial charge in [-0.05, 0) is 19.8 Å². The predicted octanol–water partition coefficient (Wildman–Crippen LogP) is 2.42. The Labute approximate surface area is 150 Å². The number of carbonyl (C=O) groups excluding carboxylic acids is 1. The molecule has 1 aromatic rings. The van der Waals surface area contributed by atoms with Crippen molar-refractivity contribution in [2.75, 3.05) is 25.6 Å². The van der Waals surface area contributed by atoms with Crippen molar-refractivity contribution in [3.05, 3.63) is 0 Å². The molecule has 7 nitrogen and oxygen atoms in total. The molecule has 0 aliphatic heterocycles. The fraction of sp³-hybridized carbons (Fsp3) is 0.733. The zero-order valence-electron chi connectivity index (χ0n) is 14.0. The van der Waals surface area contributed by atoms with Gasteiger partial charge in [-0.1, -0.05) is 42.4 Å². The van der Waals surface area contributed by atoms with E-state index in [4.69, 9.17) is 4.74 Å². The first kappa shape index (κ1) is 19.0. The molecule has 1 aliphatic carbocycles. The SMILES string of the molecule is COCCNc1nnc(SC(C)C(=O)NC2(C#N)CCCCC2)s1. The molecule has 2 N–H and O–H groups in total. The first-order chi connectivity index (χ1) is 11.6. The van der Waals surface area contributed by atoms with Crippen molar-refractivity contribution in [2.45, 2.75) is 54.2 Å². The van der Waals surface area contributed by atoms with E-state index in [1.54, 1.807) is 7.11 Å². The van der Waals surface area contributed by atoms with E-state index in [9.17, 15) is 10.1 Å². The molecule has 1 unspecified atom stereocenters. The second-order valence-electron chi connectivity index (χ2n) is 5.80. The van der Waals surface area contributed by atoms with Gasteiger partial charge in [0.1, 0.15) is 5.54 Å². The van der Waals surface area contributed by atoms with Crippen LogP contribution in [0.3, 0.4) is 0 Å². The molecule has 0 bridgehead atoms. The molecule has 1 saturated carbocycles. The summed E-state index contributed by atoms with van der Waals surface area (Å²) in [5.41, 5.74) is -0.696. The lowest BCUT2D eigenvalue weighted by atomic mass is 9.83. The highest BCUT2D eigenvalue weighted by Crippen LogP contribution is 2.31. The maximum atomic E-state index is 12.4. The number of methoxy groups -OCH3 is 1. The van der Waals surface area contributed by atoms with Gasteiger partial charge in [0.25, 0.3) is 0 Å². The fourth-order valence-electron chi connectivity index (χ4n) is 2.55. The molecule has 0 aromatic carbocycles. The van der Waals surface area contributed by atoms with Crippen LogP contribution in [0.4, 0.5) is 5.13 Å². The van der Waals surface area contributed by atoms with Crippen molar-refractivity contribution in [1.82, 2.24) is 15.5 Å². The minimum absolute atomic E-state index is 0.118. The fourth-order valence-corrected chi connectivity index (χ4v) is 4.47. The second kappa shape index (κ2) is 9.20. The molecular weight excluding hydrogens is 346 g/mol. The number of aromatic nitrogens is 2. The topological polar surface area (TPSA) is 99.9 Å². The van der Waals surface area contributed by atoms with Gasteiger partial charge >= 0.3 is 0 Å². The summed E-state index contributed by atoms with van der Waals surface area (Å²) in [6.07, 6.45) is 4.58. The summed E-state index contributed by atoms with van der Waals surface area (Å²) in [5, 5.41) is 24.0. The van der Waals surface area contributed by atoms with E-state index in [1.165, 1.54) is 23.1 Å². The number of thioether (sulfide) groups is 1. The van der Waals surface area contributed by atoms with Gasteiger partial charge in [0.05, 0.1) is 17.9 Å². The normalized spacial score (nSPS) is 17.7. The highest BCUT2D eigenvalue weighted by Gasteiger charge is 2.35. The largest absolute Gasteiger partial charge is 0.383 e. The van der Waals surface area contributed by atoms with Crippen molar-refractivity contribution < 1.29 is 9.53 Å². The summed E-state index contributed by atoms with van der Waals surface area (Å²) < 4.78 is 5.70. The third-order valence-electron chi connectivity index (χ3n) is 3.92. The molecule has 0 radical (unpaired) electrons. The molecule has 1 fully saturated rings. The Morgan fingerprint density at radius 3 is 2.88 bits per heavy atom. The van der Waals surface area contributed by atoms with Gasteiger partial charge in [-0.25, -0.2) is 0 Å². The van der Waals surface area contributed by atoms with Crippen LogP contribution in [0.1, 0.15) is 39.0 Å². The van der Waals surface area contributed by atoms with Crippen molar-refractivity contribution in [3.63, 3.8) is 0 Å². The van der Waals surface area contributed by atoms with E-state index in [2.05, 4.69) is 26.9 Å². The van der Waals surface area contributed by atoms with E-state index >= 15 is 0 Å². The monoisotopic (exact) mass is 369 g/mol. The summed E-state index contributed by atoms with van der Waals surface area (Å²) >= 11 is 2.77. The number of nitrogens with zero attached hydrogens (tertiary/aromatic N) is 3. The Bertz CT molecular complexity index is 581. The quantitative estimate of drug-likeness (QED) is 0.536. The van der Waals surface area contributed by atoms with Crippen LogP contribution in [-0.2, 0) is 9.53 Å². The molecule has 2 rings (SSSR count). The van der Waals surface area contributed by atoms with Crippen LogP contribution in [0.2, 0.25) is 0 Å². The summed E-state index contributed by atoms with van der Waals surface area (Å²) in [4.78, 5) is 12.4. The average molecular weight is 370 g/mol. The summed E-state index contributed by atoms with van der Waals surface area (Å²) in [5.74, 6) is -0.118. The molecule has 0 saturated heterocycles. The van der Waals surface area contributed by atoms with Crippen molar-refractivity contribution in [2.24, 2.45) is 0 Å². The second-order valence-corrected chi connectivity index (χ2v) is 8.36. The van der Waals surface area contributed by atoms with Gasteiger partial charge in [-0.3, -0.25) is 4.79 Å². The molecule has 9 heteroatoms. The maximum absolute atomic E-state index is 12.4. The minimum atomic E-state index is -0.696. The van der Waals surface area contributed by atoms with Gasteiger partial charge < -0.3 is 15.4 Å². The van der Waals surface area contributed by atoms with E-state index < -0.39 is 5.54 Å². The van der Waals surface area contributed by atoms with Crippen LogP contribution in [0.15, 0.2) is 4.34 Å². The van der Waals surface area contributed by atoms with Gasteiger partial charge in [0, 0.05) is 13.7 Å². The molecule has 1 amide bonds. The zero-order chi connectivity index (χ0) is 17.4. The number of nitriles is 1. The molecule has 1 atom stereocenters. The third-order valence-corrected chi connectivity index (χ3v) is 5.98. The Kier molecular flexibility index (Phi) is 7.27. The van der Waals surface area contributed by atoms with Gasteiger partial charge in [-0.15, -0.1) is 10.2 Å². The Balaban J connectivity index is 1.86. The molecule has 24 heavy (non-hydrogen) atoms. The average Bonchev–Trinajstić information content (AvgIpc) is 3.03. The van der Waals surface area contributed by atoms with Crippen LogP contribution in [0.25, 0.3) is 0 Å². The number of hydrogen-bond acceptors (Lipinski definition) is 8.